The highest BCUT2D eigenvalue weighted by atomic mass is 16.2. The molecule has 5 nitrogen and oxygen atoms in total. The van der Waals surface area contributed by atoms with Crippen LogP contribution in [0.3, 0.4) is 0 Å². The quantitative estimate of drug-likeness (QED) is 0.916. The van der Waals surface area contributed by atoms with E-state index in [-0.39, 0.29) is 5.91 Å². The number of nitrogens with two attached hydrogens (primary N) is 1. The van der Waals surface area contributed by atoms with E-state index in [0.29, 0.717) is 30.1 Å². The molecule has 0 bridgehead atoms. The third-order valence-corrected chi connectivity index (χ3v) is 4.25. The molecule has 0 unspecified atom stereocenters. The van der Waals surface area contributed by atoms with Crippen molar-refractivity contribution in [2.45, 2.75) is 40.2 Å². The van der Waals surface area contributed by atoms with Crippen LogP contribution >= 0.6 is 0 Å². The molecule has 2 heterocycles. The summed E-state index contributed by atoms with van der Waals surface area (Å²) in [5.74, 6) is 0.745. The predicted octanol–water partition coefficient (Wildman–Crippen LogP) is 1.74. The lowest BCUT2D eigenvalue weighted by molar-refractivity contribution is 0.0603. The van der Waals surface area contributed by atoms with Gasteiger partial charge in [-0.1, -0.05) is 20.8 Å². The summed E-state index contributed by atoms with van der Waals surface area (Å²) in [6, 6.07) is 0. The van der Waals surface area contributed by atoms with Gasteiger partial charge < -0.3 is 15.2 Å². The Kier molecular flexibility index (Phi) is 4.48. The number of nitrogens with zero attached hydrogens (tertiary/aromatic N) is 3. The van der Waals surface area contributed by atoms with Gasteiger partial charge in [0.15, 0.2) is 0 Å². The lowest BCUT2D eigenvalue weighted by atomic mass is 9.75. The molecule has 1 amide bonds. The van der Waals surface area contributed by atoms with Crippen molar-refractivity contribution < 1.29 is 4.79 Å². The molecule has 1 aliphatic rings. The Morgan fingerprint density at radius 2 is 2.05 bits per heavy atom. The van der Waals surface area contributed by atoms with Crippen LogP contribution in [0.15, 0.2) is 12.5 Å². The molecule has 1 saturated heterocycles. The van der Waals surface area contributed by atoms with E-state index in [0.717, 1.165) is 25.9 Å². The van der Waals surface area contributed by atoms with Crippen LogP contribution in [0.2, 0.25) is 0 Å². The van der Waals surface area contributed by atoms with Crippen LogP contribution in [0.4, 0.5) is 0 Å². The zero-order chi connectivity index (χ0) is 14.8. The van der Waals surface area contributed by atoms with Crippen molar-refractivity contribution >= 4 is 5.91 Å². The second-order valence-corrected chi connectivity index (χ2v) is 6.72. The number of imidazole rings is 1. The van der Waals surface area contributed by atoms with Gasteiger partial charge in [0.1, 0.15) is 5.69 Å². The van der Waals surface area contributed by atoms with Gasteiger partial charge in [0.25, 0.3) is 5.91 Å². The van der Waals surface area contributed by atoms with E-state index < -0.39 is 0 Å². The average molecular weight is 278 g/mol. The molecule has 1 fully saturated rings. The molecule has 0 atom stereocenters. The lowest BCUT2D eigenvalue weighted by Crippen LogP contribution is -2.41. The number of amides is 1. The van der Waals surface area contributed by atoms with Crippen LogP contribution in [-0.2, 0) is 6.54 Å². The molecule has 1 aromatic rings. The first-order valence-electron chi connectivity index (χ1n) is 7.43. The van der Waals surface area contributed by atoms with E-state index in [4.69, 9.17) is 5.73 Å². The number of hydrogen-bond donors (Lipinski definition) is 1. The zero-order valence-electron chi connectivity index (χ0n) is 12.8. The van der Waals surface area contributed by atoms with Crippen LogP contribution < -0.4 is 5.73 Å². The molecule has 5 heteroatoms. The summed E-state index contributed by atoms with van der Waals surface area (Å²) in [6.07, 6.45) is 5.64. The molecule has 112 valence electrons. The van der Waals surface area contributed by atoms with Crippen molar-refractivity contribution in [1.82, 2.24) is 14.5 Å². The Morgan fingerprint density at radius 1 is 1.40 bits per heavy atom. The largest absolute Gasteiger partial charge is 0.337 e. The average Bonchev–Trinajstić information content (AvgIpc) is 2.86. The van der Waals surface area contributed by atoms with Gasteiger partial charge in [0, 0.05) is 32.4 Å². The maximum Gasteiger partial charge on any atom is 0.274 e. The number of piperidine rings is 1. The van der Waals surface area contributed by atoms with Crippen LogP contribution in [0, 0.1) is 11.3 Å². The van der Waals surface area contributed by atoms with E-state index >= 15 is 0 Å². The van der Waals surface area contributed by atoms with Gasteiger partial charge in [-0.05, 0) is 24.2 Å². The maximum absolute atomic E-state index is 12.4. The topological polar surface area (TPSA) is 64.2 Å². The summed E-state index contributed by atoms with van der Waals surface area (Å²) in [5, 5.41) is 0. The van der Waals surface area contributed by atoms with Gasteiger partial charge in [-0.2, -0.15) is 0 Å². The van der Waals surface area contributed by atoms with Gasteiger partial charge in [0.05, 0.1) is 6.33 Å². The van der Waals surface area contributed by atoms with E-state index in [1.54, 1.807) is 12.5 Å². The SMILES string of the molecule is CC(C)(C)C1CCN(C(=O)c2cn(CCN)cn2)CC1. The number of carbonyl (C=O) groups excluding carboxylic acids is 1. The third kappa shape index (κ3) is 3.39. The minimum Gasteiger partial charge on any atom is -0.337 e. The normalized spacial score (nSPS) is 17.5. The second kappa shape index (κ2) is 5.95. The van der Waals surface area contributed by atoms with Crippen molar-refractivity contribution in [1.29, 1.82) is 0 Å². The number of hydrogen-bond acceptors (Lipinski definition) is 3. The Morgan fingerprint density at radius 3 is 2.60 bits per heavy atom. The molecule has 1 aromatic heterocycles. The van der Waals surface area contributed by atoms with Crippen molar-refractivity contribution in [3.63, 3.8) is 0 Å². The Hall–Kier alpha value is -1.36. The lowest BCUT2D eigenvalue weighted by Gasteiger charge is -2.38. The molecule has 20 heavy (non-hydrogen) atoms. The summed E-state index contributed by atoms with van der Waals surface area (Å²) in [4.78, 5) is 18.5. The van der Waals surface area contributed by atoms with Gasteiger partial charge in [-0.25, -0.2) is 4.98 Å². The second-order valence-electron chi connectivity index (χ2n) is 6.72. The highest BCUT2D eigenvalue weighted by Crippen LogP contribution is 2.34. The monoisotopic (exact) mass is 278 g/mol. The van der Waals surface area contributed by atoms with Crippen LogP contribution in [0.25, 0.3) is 0 Å². The molecule has 0 aromatic carbocycles. The first-order chi connectivity index (χ1) is 9.41. The van der Waals surface area contributed by atoms with Crippen LogP contribution in [-0.4, -0.2) is 40.0 Å². The minimum atomic E-state index is 0.0492. The van der Waals surface area contributed by atoms with Crippen LogP contribution in [0.1, 0.15) is 44.1 Å². The van der Waals surface area contributed by atoms with Crippen molar-refractivity contribution in [3.05, 3.63) is 18.2 Å². The van der Waals surface area contributed by atoms with Crippen molar-refractivity contribution in [2.75, 3.05) is 19.6 Å². The minimum absolute atomic E-state index is 0.0492. The molecular weight excluding hydrogens is 252 g/mol. The van der Waals surface area contributed by atoms with Gasteiger partial charge >= 0.3 is 0 Å². The van der Waals surface area contributed by atoms with Gasteiger partial charge in [-0.3, -0.25) is 4.79 Å². The Balaban J connectivity index is 1.94. The number of carbonyl (C=O) groups is 1. The summed E-state index contributed by atoms with van der Waals surface area (Å²) in [7, 11) is 0. The molecule has 0 radical (unpaired) electrons. The van der Waals surface area contributed by atoms with Crippen LogP contribution in [0.5, 0.6) is 0 Å². The number of aromatic nitrogens is 2. The number of rotatable bonds is 3. The first-order valence-corrected chi connectivity index (χ1v) is 7.43. The first kappa shape index (κ1) is 15.0. The highest BCUT2D eigenvalue weighted by molar-refractivity contribution is 5.92. The van der Waals surface area contributed by atoms with E-state index in [2.05, 4.69) is 25.8 Å². The summed E-state index contributed by atoms with van der Waals surface area (Å²) in [6.45, 7) is 9.78. The van der Waals surface area contributed by atoms with Crippen molar-refractivity contribution in [2.24, 2.45) is 17.1 Å². The highest BCUT2D eigenvalue weighted by Gasteiger charge is 2.31. The molecule has 2 N–H and O–H groups in total. The fraction of sp³-hybridized carbons (Fsp3) is 0.733. The maximum atomic E-state index is 12.4. The van der Waals surface area contributed by atoms with Gasteiger partial charge in [-0.15, -0.1) is 0 Å². The van der Waals surface area contributed by atoms with Crippen molar-refractivity contribution in [3.8, 4) is 0 Å². The third-order valence-electron chi connectivity index (χ3n) is 4.25. The summed E-state index contributed by atoms with van der Waals surface area (Å²) >= 11 is 0. The molecule has 2 rings (SSSR count). The molecule has 1 aliphatic heterocycles. The smallest absolute Gasteiger partial charge is 0.274 e. The van der Waals surface area contributed by atoms with E-state index in [1.807, 2.05) is 9.47 Å². The van der Waals surface area contributed by atoms with E-state index in [1.165, 1.54) is 0 Å². The zero-order valence-corrected chi connectivity index (χ0v) is 12.8. The Bertz CT molecular complexity index is 453. The molecular formula is C15H26N4O. The predicted molar refractivity (Wildman–Crippen MR) is 79.4 cm³/mol. The summed E-state index contributed by atoms with van der Waals surface area (Å²) in [5.41, 5.74) is 6.37. The summed E-state index contributed by atoms with van der Waals surface area (Å²) < 4.78 is 1.87. The Labute approximate surface area is 121 Å². The standard InChI is InChI=1S/C15H26N4O/c1-15(2,3)12-4-7-19(8-5-12)14(20)13-10-18(9-6-16)11-17-13/h10-12H,4-9,16H2,1-3H3. The molecule has 0 aliphatic carbocycles. The number of likely N-dealkylation sites (tertiary alicyclic amines) is 1. The molecule has 0 spiro atoms. The molecule has 0 saturated carbocycles. The fourth-order valence-electron chi connectivity index (χ4n) is 2.85. The van der Waals surface area contributed by atoms with E-state index in [9.17, 15) is 4.79 Å². The van der Waals surface area contributed by atoms with Gasteiger partial charge in [0.2, 0.25) is 0 Å². The fourth-order valence-corrected chi connectivity index (χ4v) is 2.85.